The summed E-state index contributed by atoms with van der Waals surface area (Å²) in [5.41, 5.74) is 1.90. The Hall–Kier alpha value is -3.27. The lowest BCUT2D eigenvalue weighted by Gasteiger charge is -2.33. The van der Waals surface area contributed by atoms with Crippen molar-refractivity contribution in [1.29, 1.82) is 0 Å². The number of methoxy groups -OCH3 is 1. The molecule has 0 bridgehead atoms. The molecule has 41 heavy (non-hydrogen) atoms. The largest absolute Gasteiger partial charge is 0.497 e. The van der Waals surface area contributed by atoms with Crippen LogP contribution in [0.2, 0.25) is 10.0 Å². The quantitative estimate of drug-likeness (QED) is 0.259. The van der Waals surface area contributed by atoms with Crippen molar-refractivity contribution in [3.05, 3.63) is 87.9 Å². The second-order valence-corrected chi connectivity index (χ2v) is 12.2. The third-order valence-corrected chi connectivity index (χ3v) is 9.05. The molecule has 0 saturated heterocycles. The summed E-state index contributed by atoms with van der Waals surface area (Å²) in [4.78, 5) is 28.6. The fourth-order valence-corrected chi connectivity index (χ4v) is 5.97. The normalized spacial score (nSPS) is 12.0. The Morgan fingerprint density at radius 2 is 1.61 bits per heavy atom. The number of hydrogen-bond acceptors (Lipinski definition) is 5. The van der Waals surface area contributed by atoms with Gasteiger partial charge >= 0.3 is 0 Å². The maximum absolute atomic E-state index is 14.1. The number of nitrogens with one attached hydrogen (secondary N) is 1. The van der Waals surface area contributed by atoms with Gasteiger partial charge in [-0.1, -0.05) is 60.8 Å². The highest BCUT2D eigenvalue weighted by Crippen LogP contribution is 2.27. The van der Waals surface area contributed by atoms with Crippen LogP contribution in [0.5, 0.6) is 5.75 Å². The van der Waals surface area contributed by atoms with Gasteiger partial charge in [0.25, 0.3) is 10.0 Å². The molecule has 220 valence electrons. The van der Waals surface area contributed by atoms with Crippen molar-refractivity contribution < 1.29 is 22.7 Å². The van der Waals surface area contributed by atoms with Gasteiger partial charge in [0.1, 0.15) is 18.3 Å². The summed E-state index contributed by atoms with van der Waals surface area (Å²) < 4.78 is 34.1. The predicted molar refractivity (Wildman–Crippen MR) is 163 cm³/mol. The van der Waals surface area contributed by atoms with E-state index in [4.69, 9.17) is 27.9 Å². The molecule has 0 heterocycles. The van der Waals surface area contributed by atoms with Gasteiger partial charge in [0.05, 0.1) is 27.7 Å². The van der Waals surface area contributed by atoms with Crippen molar-refractivity contribution >= 4 is 50.7 Å². The minimum absolute atomic E-state index is 0.00422. The zero-order valence-electron chi connectivity index (χ0n) is 23.6. The minimum atomic E-state index is -4.18. The monoisotopic (exact) mass is 619 g/mol. The summed E-state index contributed by atoms with van der Waals surface area (Å²) in [6, 6.07) is 16.9. The number of anilines is 1. The average molecular weight is 621 g/mol. The van der Waals surface area contributed by atoms with Gasteiger partial charge in [0.15, 0.2) is 0 Å². The van der Waals surface area contributed by atoms with E-state index in [0.717, 1.165) is 16.3 Å². The van der Waals surface area contributed by atoms with Gasteiger partial charge in [-0.05, 0) is 73.9 Å². The molecule has 0 aromatic heterocycles. The third kappa shape index (κ3) is 8.15. The maximum atomic E-state index is 14.1. The summed E-state index contributed by atoms with van der Waals surface area (Å²) in [6.07, 6.45) is 1.04. The number of sulfonamides is 1. The van der Waals surface area contributed by atoms with Crippen LogP contribution in [-0.4, -0.2) is 51.4 Å². The fraction of sp³-hybridized carbons (Fsp3) is 0.333. The summed E-state index contributed by atoms with van der Waals surface area (Å²) in [6.45, 7) is 5.57. The smallest absolute Gasteiger partial charge is 0.264 e. The van der Waals surface area contributed by atoms with Crippen LogP contribution < -0.4 is 14.4 Å². The number of rotatable bonds is 13. The summed E-state index contributed by atoms with van der Waals surface area (Å²) in [7, 11) is -2.69. The molecule has 3 rings (SSSR count). The van der Waals surface area contributed by atoms with Gasteiger partial charge in [-0.3, -0.25) is 13.9 Å². The highest BCUT2D eigenvalue weighted by Gasteiger charge is 2.33. The number of ether oxygens (including phenoxy) is 1. The van der Waals surface area contributed by atoms with E-state index in [1.807, 2.05) is 13.8 Å². The summed E-state index contributed by atoms with van der Waals surface area (Å²) in [5, 5.41) is 3.53. The molecular weight excluding hydrogens is 585 g/mol. The number of amides is 2. The Balaban J connectivity index is 2.06. The molecule has 0 fully saturated rings. The van der Waals surface area contributed by atoms with Crippen molar-refractivity contribution in [2.45, 2.75) is 51.1 Å². The van der Waals surface area contributed by atoms with E-state index in [2.05, 4.69) is 5.32 Å². The Labute approximate surface area is 252 Å². The Bertz CT molecular complexity index is 1450. The van der Waals surface area contributed by atoms with Crippen LogP contribution in [0.15, 0.2) is 71.6 Å². The topological polar surface area (TPSA) is 96.0 Å². The van der Waals surface area contributed by atoms with E-state index < -0.39 is 28.5 Å². The van der Waals surface area contributed by atoms with E-state index in [0.29, 0.717) is 40.0 Å². The van der Waals surface area contributed by atoms with Crippen molar-refractivity contribution in [3.8, 4) is 5.75 Å². The number of nitrogens with zero attached hydrogens (tertiary/aromatic N) is 2. The van der Waals surface area contributed by atoms with Crippen molar-refractivity contribution in [2.75, 3.05) is 24.5 Å². The molecule has 1 N–H and O–H groups in total. The zero-order valence-corrected chi connectivity index (χ0v) is 25.9. The SMILES string of the molecule is CCCNC(=O)[C@H](CC)N(Cc1ccc(Cl)c(Cl)c1)C(=O)CN(c1ccc(C)cc1)S(=O)(=O)c1ccc(OC)cc1. The van der Waals surface area contributed by atoms with Gasteiger partial charge in [-0.2, -0.15) is 0 Å². The van der Waals surface area contributed by atoms with Crippen molar-refractivity contribution in [2.24, 2.45) is 0 Å². The molecule has 2 amide bonds. The number of halogens is 2. The number of carbonyl (C=O) groups excluding carboxylic acids is 2. The molecule has 0 radical (unpaired) electrons. The highest BCUT2D eigenvalue weighted by molar-refractivity contribution is 7.92. The van der Waals surface area contributed by atoms with Crippen molar-refractivity contribution in [1.82, 2.24) is 10.2 Å². The van der Waals surface area contributed by atoms with Crippen LogP contribution in [0, 0.1) is 6.92 Å². The molecule has 0 spiro atoms. The zero-order chi connectivity index (χ0) is 30.2. The lowest BCUT2D eigenvalue weighted by molar-refractivity contribution is -0.140. The van der Waals surface area contributed by atoms with E-state index >= 15 is 0 Å². The maximum Gasteiger partial charge on any atom is 0.264 e. The summed E-state index contributed by atoms with van der Waals surface area (Å²) >= 11 is 12.3. The molecule has 0 aliphatic carbocycles. The fourth-order valence-electron chi connectivity index (χ4n) is 4.23. The first-order valence-electron chi connectivity index (χ1n) is 13.3. The molecule has 1 atom stereocenters. The molecular formula is C30H35Cl2N3O5S. The van der Waals surface area contributed by atoms with E-state index in [1.54, 1.807) is 61.5 Å². The Kier molecular flexibility index (Phi) is 11.5. The molecule has 0 saturated carbocycles. The standard InChI is InChI=1S/C30H35Cl2N3O5S/c1-5-17-33-30(37)28(6-2)34(19-22-9-16-26(31)27(32)18-22)29(36)20-35(23-10-7-21(3)8-11-23)41(38,39)25-14-12-24(40-4)13-15-25/h7-16,18,28H,5-6,17,19-20H2,1-4H3,(H,33,37)/t28-/m0/s1. The number of carbonyl (C=O) groups is 2. The molecule has 8 nitrogen and oxygen atoms in total. The van der Waals surface area contributed by atoms with Crippen LogP contribution in [-0.2, 0) is 26.2 Å². The lowest BCUT2D eigenvalue weighted by Crippen LogP contribution is -2.52. The van der Waals surface area contributed by atoms with E-state index in [1.165, 1.54) is 24.1 Å². The van der Waals surface area contributed by atoms with Crippen molar-refractivity contribution in [3.63, 3.8) is 0 Å². The van der Waals surface area contributed by atoms with Gasteiger partial charge in [0, 0.05) is 13.1 Å². The Morgan fingerprint density at radius 1 is 0.951 bits per heavy atom. The number of aryl methyl sites for hydroxylation is 1. The molecule has 3 aromatic rings. The molecule has 0 aliphatic rings. The second kappa shape index (κ2) is 14.6. The number of benzene rings is 3. The van der Waals surface area contributed by atoms with Gasteiger partial charge in [-0.15, -0.1) is 0 Å². The van der Waals surface area contributed by atoms with E-state index in [-0.39, 0.29) is 17.3 Å². The highest BCUT2D eigenvalue weighted by atomic mass is 35.5. The lowest BCUT2D eigenvalue weighted by atomic mass is 10.1. The van der Waals surface area contributed by atoms with E-state index in [9.17, 15) is 18.0 Å². The molecule has 0 aliphatic heterocycles. The average Bonchev–Trinajstić information content (AvgIpc) is 2.96. The predicted octanol–water partition coefficient (Wildman–Crippen LogP) is 5.84. The van der Waals surface area contributed by atoms with Crippen LogP contribution in [0.4, 0.5) is 5.69 Å². The van der Waals surface area contributed by atoms with Crippen LogP contribution in [0.3, 0.4) is 0 Å². The van der Waals surface area contributed by atoms with Gasteiger partial charge in [0.2, 0.25) is 11.8 Å². The first-order chi connectivity index (χ1) is 19.5. The number of hydrogen-bond donors (Lipinski definition) is 1. The third-order valence-electron chi connectivity index (χ3n) is 6.52. The van der Waals surface area contributed by atoms with Crippen LogP contribution >= 0.6 is 23.2 Å². The van der Waals surface area contributed by atoms with Crippen LogP contribution in [0.25, 0.3) is 0 Å². The second-order valence-electron chi connectivity index (χ2n) is 9.51. The molecule has 0 unspecified atom stereocenters. The summed E-state index contributed by atoms with van der Waals surface area (Å²) in [5.74, 6) is -0.367. The van der Waals surface area contributed by atoms with Gasteiger partial charge < -0.3 is 15.0 Å². The van der Waals surface area contributed by atoms with Crippen LogP contribution in [0.1, 0.15) is 37.8 Å². The minimum Gasteiger partial charge on any atom is -0.497 e. The van der Waals surface area contributed by atoms with Gasteiger partial charge in [-0.25, -0.2) is 8.42 Å². The first kappa shape index (κ1) is 32.2. The molecule has 11 heteroatoms. The first-order valence-corrected chi connectivity index (χ1v) is 15.5. The Morgan fingerprint density at radius 3 is 2.17 bits per heavy atom. The molecule has 3 aromatic carbocycles.